The van der Waals surface area contributed by atoms with Crippen LogP contribution in [0.5, 0.6) is 0 Å². The highest BCUT2D eigenvalue weighted by molar-refractivity contribution is 5.83. The topological polar surface area (TPSA) is 92.4 Å². The van der Waals surface area contributed by atoms with Crippen molar-refractivity contribution < 1.29 is 14.7 Å². The van der Waals surface area contributed by atoms with Gasteiger partial charge in [-0.15, -0.1) is 0 Å². The van der Waals surface area contributed by atoms with Crippen molar-refractivity contribution in [2.75, 3.05) is 0 Å². The summed E-state index contributed by atoms with van der Waals surface area (Å²) in [5.41, 5.74) is 6.92. The summed E-state index contributed by atoms with van der Waals surface area (Å²) in [6.45, 7) is 4.02. The van der Waals surface area contributed by atoms with Gasteiger partial charge in [-0.25, -0.2) is 4.79 Å². The van der Waals surface area contributed by atoms with Gasteiger partial charge in [-0.2, -0.15) is 0 Å². The second kappa shape index (κ2) is 9.00. The number of nitrogens with two attached hydrogens (primary N) is 1. The second-order valence-electron chi connectivity index (χ2n) is 5.74. The van der Waals surface area contributed by atoms with Gasteiger partial charge in [-0.05, 0) is 24.3 Å². The minimum atomic E-state index is -1.03. The van der Waals surface area contributed by atoms with Gasteiger partial charge < -0.3 is 16.2 Å². The Morgan fingerprint density at radius 3 is 2.45 bits per heavy atom. The number of hydrogen-bond donors (Lipinski definition) is 3. The van der Waals surface area contributed by atoms with E-state index in [2.05, 4.69) is 5.32 Å². The normalized spacial score (nSPS) is 14.0. The molecule has 0 saturated heterocycles. The maximum Gasteiger partial charge on any atom is 0.328 e. The average Bonchev–Trinajstić information content (AvgIpc) is 2.45. The summed E-state index contributed by atoms with van der Waals surface area (Å²) in [6, 6.07) is 8.56. The zero-order valence-corrected chi connectivity index (χ0v) is 13.0. The molecule has 2 unspecified atom stereocenters. The Morgan fingerprint density at radius 2 is 1.91 bits per heavy atom. The third-order valence-electron chi connectivity index (χ3n) is 3.16. The Hall–Kier alpha value is -2.14. The van der Waals surface area contributed by atoms with E-state index in [0.29, 0.717) is 18.8 Å². The zero-order valence-electron chi connectivity index (χ0n) is 13.0. The highest BCUT2D eigenvalue weighted by atomic mass is 16.4. The molecule has 0 aliphatic rings. The van der Waals surface area contributed by atoms with Crippen molar-refractivity contribution in [1.82, 2.24) is 5.32 Å². The van der Waals surface area contributed by atoms with E-state index in [-0.39, 0.29) is 11.9 Å². The summed E-state index contributed by atoms with van der Waals surface area (Å²) in [7, 11) is 0. The van der Waals surface area contributed by atoms with Crippen LogP contribution in [0.15, 0.2) is 42.5 Å². The van der Waals surface area contributed by atoms with E-state index in [1.54, 1.807) is 0 Å². The molecule has 0 aliphatic carbocycles. The molecule has 1 amide bonds. The molecule has 0 aromatic heterocycles. The van der Waals surface area contributed by atoms with Gasteiger partial charge in [0.2, 0.25) is 5.91 Å². The van der Waals surface area contributed by atoms with Crippen molar-refractivity contribution in [3.63, 3.8) is 0 Å². The molecular weight excluding hydrogens is 280 g/mol. The fourth-order valence-corrected chi connectivity index (χ4v) is 2.14. The molecule has 1 rings (SSSR count). The van der Waals surface area contributed by atoms with Crippen molar-refractivity contribution in [1.29, 1.82) is 0 Å². The van der Waals surface area contributed by atoms with Gasteiger partial charge in [0.25, 0.3) is 0 Å². The molecule has 1 aromatic carbocycles. The molecule has 0 aliphatic heterocycles. The van der Waals surface area contributed by atoms with Gasteiger partial charge >= 0.3 is 5.97 Å². The van der Waals surface area contributed by atoms with Gasteiger partial charge in [0.05, 0.1) is 6.04 Å². The minimum absolute atomic E-state index is 0.274. The van der Waals surface area contributed by atoms with Gasteiger partial charge in [-0.1, -0.05) is 50.3 Å². The lowest BCUT2D eigenvalue weighted by atomic mass is 10.0. The number of carbonyl (C=O) groups is 2. The number of hydrogen-bond acceptors (Lipinski definition) is 3. The highest BCUT2D eigenvalue weighted by Crippen LogP contribution is 2.07. The quantitative estimate of drug-likeness (QED) is 0.638. The van der Waals surface area contributed by atoms with E-state index in [4.69, 9.17) is 10.8 Å². The summed E-state index contributed by atoms with van der Waals surface area (Å²) < 4.78 is 0. The smallest absolute Gasteiger partial charge is 0.328 e. The van der Waals surface area contributed by atoms with Gasteiger partial charge in [0.15, 0.2) is 0 Å². The van der Waals surface area contributed by atoms with Crippen LogP contribution in [0, 0.1) is 5.92 Å². The lowest BCUT2D eigenvalue weighted by molar-refractivity contribution is -0.131. The Bertz CT molecular complexity index is 512. The Balaban J connectivity index is 2.62. The number of aliphatic carboxylic acids is 1. The Kier molecular flexibility index (Phi) is 7.32. The van der Waals surface area contributed by atoms with E-state index in [1.807, 2.05) is 44.2 Å². The van der Waals surface area contributed by atoms with E-state index < -0.39 is 12.0 Å². The summed E-state index contributed by atoms with van der Waals surface area (Å²) in [5.74, 6) is -0.977. The molecule has 0 radical (unpaired) electrons. The van der Waals surface area contributed by atoms with E-state index in [1.165, 1.54) is 6.08 Å². The van der Waals surface area contributed by atoms with E-state index in [0.717, 1.165) is 11.6 Å². The number of nitrogens with one attached hydrogen (secondary N) is 1. The van der Waals surface area contributed by atoms with Crippen LogP contribution in [0.25, 0.3) is 0 Å². The van der Waals surface area contributed by atoms with Crippen molar-refractivity contribution >= 4 is 11.9 Å². The maximum absolute atomic E-state index is 12.2. The van der Waals surface area contributed by atoms with Crippen LogP contribution in [0.1, 0.15) is 25.8 Å². The fraction of sp³-hybridized carbons (Fsp3) is 0.412. The van der Waals surface area contributed by atoms with Crippen LogP contribution in [0.3, 0.4) is 0 Å². The third-order valence-corrected chi connectivity index (χ3v) is 3.16. The monoisotopic (exact) mass is 304 g/mol. The number of amides is 1. The first-order valence-corrected chi connectivity index (χ1v) is 7.39. The molecule has 22 heavy (non-hydrogen) atoms. The molecule has 1 aromatic rings. The Labute approximate surface area is 131 Å². The van der Waals surface area contributed by atoms with Gasteiger partial charge in [0.1, 0.15) is 0 Å². The van der Waals surface area contributed by atoms with Crippen molar-refractivity contribution in [3.05, 3.63) is 48.0 Å². The largest absolute Gasteiger partial charge is 0.478 e. The van der Waals surface area contributed by atoms with Crippen molar-refractivity contribution in [2.45, 2.75) is 38.8 Å². The third kappa shape index (κ3) is 7.04. The van der Waals surface area contributed by atoms with Crippen LogP contribution in [-0.2, 0) is 16.0 Å². The predicted molar refractivity (Wildman–Crippen MR) is 86.3 cm³/mol. The molecule has 120 valence electrons. The number of rotatable bonds is 8. The highest BCUT2D eigenvalue weighted by Gasteiger charge is 2.18. The standard InChI is InChI=1S/C17H24N2O3/c1-12(2)10-14(8-9-16(20)21)19-17(22)15(18)11-13-6-4-3-5-7-13/h3-9,12,14-15H,10-11,18H2,1-2H3,(H,19,22)(H,20,21)/b9-8+. The minimum Gasteiger partial charge on any atom is -0.478 e. The first-order valence-electron chi connectivity index (χ1n) is 7.39. The van der Waals surface area contributed by atoms with Crippen LogP contribution in [0.4, 0.5) is 0 Å². The SMILES string of the molecule is CC(C)CC(/C=C/C(=O)O)NC(=O)C(N)Cc1ccccc1. The first kappa shape index (κ1) is 17.9. The van der Waals surface area contributed by atoms with Crippen LogP contribution < -0.4 is 11.1 Å². The summed E-state index contributed by atoms with van der Waals surface area (Å²) in [6.07, 6.45) is 3.66. The summed E-state index contributed by atoms with van der Waals surface area (Å²) >= 11 is 0. The Morgan fingerprint density at radius 1 is 1.27 bits per heavy atom. The lowest BCUT2D eigenvalue weighted by Crippen LogP contribution is -2.46. The van der Waals surface area contributed by atoms with Crippen LogP contribution in [-0.4, -0.2) is 29.1 Å². The fourth-order valence-electron chi connectivity index (χ4n) is 2.14. The maximum atomic E-state index is 12.2. The van der Waals surface area contributed by atoms with Crippen molar-refractivity contribution in [2.24, 2.45) is 11.7 Å². The molecule has 0 heterocycles. The lowest BCUT2D eigenvalue weighted by Gasteiger charge is -2.20. The second-order valence-corrected chi connectivity index (χ2v) is 5.74. The first-order chi connectivity index (χ1) is 10.4. The number of benzene rings is 1. The van der Waals surface area contributed by atoms with Crippen LogP contribution in [0.2, 0.25) is 0 Å². The van der Waals surface area contributed by atoms with Gasteiger partial charge in [-0.3, -0.25) is 4.79 Å². The molecule has 0 spiro atoms. The molecular formula is C17H24N2O3. The molecule has 2 atom stereocenters. The molecule has 0 fully saturated rings. The average molecular weight is 304 g/mol. The number of carboxylic acids is 1. The molecule has 5 heteroatoms. The van der Waals surface area contributed by atoms with Gasteiger partial charge in [0, 0.05) is 12.1 Å². The molecule has 0 bridgehead atoms. The predicted octanol–water partition coefficient (Wildman–Crippen LogP) is 1.73. The molecule has 5 nitrogen and oxygen atoms in total. The number of carboxylic acid groups (broad SMARTS) is 1. The van der Waals surface area contributed by atoms with Crippen LogP contribution >= 0.6 is 0 Å². The van der Waals surface area contributed by atoms with E-state index in [9.17, 15) is 9.59 Å². The zero-order chi connectivity index (χ0) is 16.5. The molecule has 4 N–H and O–H groups in total. The summed E-state index contributed by atoms with van der Waals surface area (Å²) in [4.78, 5) is 22.8. The van der Waals surface area contributed by atoms with E-state index >= 15 is 0 Å². The van der Waals surface area contributed by atoms with Crippen molar-refractivity contribution in [3.8, 4) is 0 Å². The number of carbonyl (C=O) groups excluding carboxylic acids is 1. The molecule has 0 saturated carbocycles. The summed E-state index contributed by atoms with van der Waals surface area (Å²) in [5, 5.41) is 11.5.